The first-order chi connectivity index (χ1) is 17.5. The normalized spacial score (nSPS) is 13.4. The van der Waals surface area contributed by atoms with Crippen molar-refractivity contribution in [1.82, 2.24) is 14.8 Å². The number of hydrogen-bond donors (Lipinski definition) is 1. The summed E-state index contributed by atoms with van der Waals surface area (Å²) in [5.74, 6) is 1.45. The van der Waals surface area contributed by atoms with Crippen LogP contribution < -0.4 is 10.1 Å². The second-order valence-corrected chi connectivity index (χ2v) is 11.4. The summed E-state index contributed by atoms with van der Waals surface area (Å²) < 4.78 is 7.62. The summed E-state index contributed by atoms with van der Waals surface area (Å²) in [6.45, 7) is 0.477. The molecule has 0 aliphatic heterocycles. The zero-order valence-corrected chi connectivity index (χ0v) is 23.1. The maximum Gasteiger partial charge on any atom is 0.235 e. The van der Waals surface area contributed by atoms with Crippen LogP contribution in [0, 0.1) is 11.3 Å². The largest absolute Gasteiger partial charge is 0.492 e. The predicted molar refractivity (Wildman–Crippen MR) is 146 cm³/mol. The molecule has 2 heterocycles. The number of halogens is 2. The summed E-state index contributed by atoms with van der Waals surface area (Å²) in [5.41, 5.74) is 1.77. The number of carbonyl (C=O) groups excluding carboxylic acids is 1. The van der Waals surface area contributed by atoms with Gasteiger partial charge in [0.1, 0.15) is 22.6 Å². The molecule has 36 heavy (non-hydrogen) atoms. The Balaban J connectivity index is 1.27. The lowest BCUT2D eigenvalue weighted by Crippen LogP contribution is -2.14. The minimum absolute atomic E-state index is 0.150. The van der Waals surface area contributed by atoms with E-state index in [4.69, 9.17) is 27.9 Å². The molecule has 1 amide bonds. The van der Waals surface area contributed by atoms with Crippen LogP contribution in [0.4, 0.5) is 5.00 Å². The topological polar surface area (TPSA) is 92.8 Å². The molecule has 0 radical (unpaired) electrons. The van der Waals surface area contributed by atoms with Gasteiger partial charge in [-0.2, -0.15) is 5.26 Å². The van der Waals surface area contributed by atoms with E-state index in [2.05, 4.69) is 21.6 Å². The molecule has 1 N–H and O–H groups in total. The Labute approximate surface area is 229 Å². The van der Waals surface area contributed by atoms with Crippen molar-refractivity contribution in [3.63, 3.8) is 0 Å². The molecule has 2 aromatic heterocycles. The number of thiophene rings is 1. The van der Waals surface area contributed by atoms with Gasteiger partial charge in [0.15, 0.2) is 5.16 Å². The van der Waals surface area contributed by atoms with E-state index in [0.717, 1.165) is 43.5 Å². The van der Waals surface area contributed by atoms with E-state index >= 15 is 0 Å². The number of nitrogens with zero attached hydrogens (tertiary/aromatic N) is 4. The summed E-state index contributed by atoms with van der Waals surface area (Å²) in [6, 6.07) is 7.46. The SMILES string of the molecule is Cn1c(CCCOc2ccc(Cl)cc2Cl)nnc1SCC(=O)Nc1sc2c(c1C#N)CCCCCC2. The molecule has 0 bridgehead atoms. The van der Waals surface area contributed by atoms with Crippen LogP contribution >= 0.6 is 46.3 Å². The predicted octanol–water partition coefficient (Wildman–Crippen LogP) is 6.46. The fraction of sp³-hybridized carbons (Fsp3) is 0.440. The van der Waals surface area contributed by atoms with Gasteiger partial charge in [-0.05, 0) is 55.9 Å². The molecule has 4 rings (SSSR count). The summed E-state index contributed by atoms with van der Waals surface area (Å²) in [4.78, 5) is 13.9. The monoisotopic (exact) mass is 563 g/mol. The Bertz CT molecular complexity index is 1270. The van der Waals surface area contributed by atoms with Gasteiger partial charge in [0.2, 0.25) is 5.91 Å². The minimum atomic E-state index is -0.150. The molecule has 11 heteroatoms. The van der Waals surface area contributed by atoms with Crippen molar-refractivity contribution in [3.8, 4) is 11.8 Å². The van der Waals surface area contributed by atoms with Gasteiger partial charge >= 0.3 is 0 Å². The molecule has 0 fully saturated rings. The summed E-state index contributed by atoms with van der Waals surface area (Å²) >= 11 is 14.9. The first kappa shape index (κ1) is 26.8. The van der Waals surface area contributed by atoms with Crippen LogP contribution in [0.15, 0.2) is 23.4 Å². The third-order valence-corrected chi connectivity index (χ3v) is 8.75. The Morgan fingerprint density at radius 2 is 2.06 bits per heavy atom. The number of thioether (sulfide) groups is 1. The number of hydrogen-bond acceptors (Lipinski definition) is 7. The fourth-order valence-corrected chi connectivity index (χ4v) is 6.56. The van der Waals surface area contributed by atoms with E-state index in [0.29, 0.717) is 44.5 Å². The third-order valence-electron chi connectivity index (χ3n) is 5.99. The molecule has 0 spiro atoms. The molecule has 1 aliphatic carbocycles. The smallest absolute Gasteiger partial charge is 0.235 e. The van der Waals surface area contributed by atoms with Gasteiger partial charge in [-0.15, -0.1) is 21.5 Å². The summed E-state index contributed by atoms with van der Waals surface area (Å²) in [5, 5.41) is 23.6. The number of rotatable bonds is 9. The number of nitriles is 1. The molecule has 0 atom stereocenters. The van der Waals surface area contributed by atoms with Crippen molar-refractivity contribution in [2.45, 2.75) is 56.5 Å². The van der Waals surface area contributed by atoms with Crippen LogP contribution in [0.2, 0.25) is 10.0 Å². The van der Waals surface area contributed by atoms with E-state index < -0.39 is 0 Å². The van der Waals surface area contributed by atoms with Crippen molar-refractivity contribution in [3.05, 3.63) is 50.1 Å². The number of benzene rings is 1. The number of carbonyl (C=O) groups is 1. The zero-order chi connectivity index (χ0) is 25.5. The molecule has 1 aromatic carbocycles. The molecule has 0 saturated heterocycles. The van der Waals surface area contributed by atoms with Crippen molar-refractivity contribution in [1.29, 1.82) is 5.26 Å². The average molecular weight is 565 g/mol. The van der Waals surface area contributed by atoms with Gasteiger partial charge in [0.25, 0.3) is 0 Å². The van der Waals surface area contributed by atoms with Gasteiger partial charge < -0.3 is 14.6 Å². The van der Waals surface area contributed by atoms with Crippen molar-refractivity contribution in [2.75, 3.05) is 17.7 Å². The highest BCUT2D eigenvalue weighted by atomic mass is 35.5. The number of aromatic nitrogens is 3. The van der Waals surface area contributed by atoms with E-state index in [1.807, 2.05) is 11.6 Å². The highest BCUT2D eigenvalue weighted by Crippen LogP contribution is 2.36. The lowest BCUT2D eigenvalue weighted by Gasteiger charge is -2.08. The Hall–Kier alpha value is -2.25. The number of nitrogens with one attached hydrogen (secondary N) is 1. The zero-order valence-electron chi connectivity index (χ0n) is 20.0. The molecular formula is C25H27Cl2N5O2S2. The number of amides is 1. The Morgan fingerprint density at radius 1 is 1.25 bits per heavy atom. The Kier molecular flexibility index (Phi) is 9.54. The van der Waals surface area contributed by atoms with Gasteiger partial charge in [-0.3, -0.25) is 4.79 Å². The number of aryl methyl sites for hydroxylation is 2. The lowest BCUT2D eigenvalue weighted by molar-refractivity contribution is -0.113. The third kappa shape index (κ3) is 6.74. The van der Waals surface area contributed by atoms with E-state index in [1.165, 1.54) is 29.5 Å². The van der Waals surface area contributed by atoms with Crippen LogP contribution in [0.25, 0.3) is 0 Å². The fourth-order valence-electron chi connectivity index (χ4n) is 4.11. The second-order valence-electron chi connectivity index (χ2n) is 8.56. The Morgan fingerprint density at radius 3 is 2.83 bits per heavy atom. The first-order valence-electron chi connectivity index (χ1n) is 11.9. The number of ether oxygens (including phenoxy) is 1. The van der Waals surface area contributed by atoms with Gasteiger partial charge in [0.05, 0.1) is 22.9 Å². The van der Waals surface area contributed by atoms with E-state index in [-0.39, 0.29) is 11.7 Å². The summed E-state index contributed by atoms with van der Waals surface area (Å²) in [7, 11) is 1.89. The van der Waals surface area contributed by atoms with Crippen molar-refractivity contribution >= 4 is 57.2 Å². The minimum Gasteiger partial charge on any atom is -0.492 e. The lowest BCUT2D eigenvalue weighted by atomic mass is 9.97. The maximum atomic E-state index is 12.7. The highest BCUT2D eigenvalue weighted by molar-refractivity contribution is 7.99. The van der Waals surface area contributed by atoms with Gasteiger partial charge in [0, 0.05) is 23.4 Å². The van der Waals surface area contributed by atoms with Crippen molar-refractivity contribution in [2.24, 2.45) is 7.05 Å². The number of fused-ring (bicyclic) bond motifs is 1. The maximum absolute atomic E-state index is 12.7. The van der Waals surface area contributed by atoms with Gasteiger partial charge in [-0.25, -0.2) is 0 Å². The second kappa shape index (κ2) is 12.8. The van der Waals surface area contributed by atoms with Crippen LogP contribution in [-0.2, 0) is 31.1 Å². The van der Waals surface area contributed by atoms with E-state index in [9.17, 15) is 10.1 Å². The van der Waals surface area contributed by atoms with Crippen LogP contribution in [0.5, 0.6) is 5.75 Å². The van der Waals surface area contributed by atoms with E-state index in [1.54, 1.807) is 29.5 Å². The standard InChI is InChI=1S/C25H27Cl2N5O2S2/c1-32-22(9-6-12-34-20-11-10-16(26)13-19(20)27)30-31-25(32)35-15-23(33)29-24-18(14-28)17-7-4-2-3-5-8-21(17)36-24/h10-11,13H,2-9,12,15H2,1H3,(H,29,33). The molecule has 3 aromatic rings. The molecule has 190 valence electrons. The highest BCUT2D eigenvalue weighted by Gasteiger charge is 2.21. The molecule has 0 saturated carbocycles. The average Bonchev–Trinajstić information content (AvgIpc) is 3.35. The first-order valence-corrected chi connectivity index (χ1v) is 14.5. The van der Waals surface area contributed by atoms with Crippen LogP contribution in [0.3, 0.4) is 0 Å². The quantitative estimate of drug-likeness (QED) is 0.237. The van der Waals surface area contributed by atoms with Crippen LogP contribution in [-0.4, -0.2) is 33.0 Å². The molecule has 7 nitrogen and oxygen atoms in total. The molecule has 0 unspecified atom stereocenters. The molecular weight excluding hydrogens is 537 g/mol. The van der Waals surface area contributed by atoms with Crippen LogP contribution in [0.1, 0.15) is 53.9 Å². The van der Waals surface area contributed by atoms with Gasteiger partial charge in [-0.1, -0.05) is 47.8 Å². The van der Waals surface area contributed by atoms with Crippen molar-refractivity contribution < 1.29 is 9.53 Å². The molecule has 1 aliphatic rings. The summed E-state index contributed by atoms with van der Waals surface area (Å²) in [6.07, 6.45) is 7.96. The number of anilines is 1.